The second-order valence-corrected chi connectivity index (χ2v) is 6.62. The van der Waals surface area contributed by atoms with E-state index >= 15 is 0 Å². The molecule has 1 aliphatic heterocycles. The molecule has 0 aromatic heterocycles. The summed E-state index contributed by atoms with van der Waals surface area (Å²) in [7, 11) is 0. The van der Waals surface area contributed by atoms with Crippen LogP contribution < -0.4 is 5.32 Å². The number of likely N-dealkylation sites (tertiary alicyclic amines) is 1. The van der Waals surface area contributed by atoms with E-state index in [4.69, 9.17) is 4.74 Å². The zero-order valence-corrected chi connectivity index (χ0v) is 12.7. The minimum absolute atomic E-state index is 0.103. The third kappa shape index (κ3) is 3.69. The zero-order chi connectivity index (χ0) is 14.0. The van der Waals surface area contributed by atoms with E-state index in [1.807, 2.05) is 13.8 Å². The molecule has 2 aliphatic rings. The van der Waals surface area contributed by atoms with E-state index in [1.165, 1.54) is 12.8 Å². The van der Waals surface area contributed by atoms with Crippen molar-refractivity contribution in [3.63, 3.8) is 0 Å². The minimum Gasteiger partial charge on any atom is -0.465 e. The minimum atomic E-state index is -0.555. The Hall–Kier alpha value is -0.610. The van der Waals surface area contributed by atoms with Crippen LogP contribution in [0.5, 0.6) is 0 Å². The van der Waals surface area contributed by atoms with Gasteiger partial charge < -0.3 is 9.64 Å². The SMILES string of the molecule is CCOC(=O)C(C)(CN1CC(C)C(C)C1)NC1CC1. The molecule has 3 atom stereocenters. The maximum Gasteiger partial charge on any atom is 0.327 e. The van der Waals surface area contributed by atoms with Gasteiger partial charge >= 0.3 is 5.97 Å². The average Bonchev–Trinajstić information content (AvgIpc) is 3.06. The molecule has 1 aliphatic carbocycles. The normalized spacial score (nSPS) is 31.2. The third-order valence-electron chi connectivity index (χ3n) is 4.43. The topological polar surface area (TPSA) is 41.6 Å². The standard InChI is InChI=1S/C15H28N2O2/c1-5-19-14(18)15(4,16-13-6-7-13)10-17-8-11(2)12(3)9-17/h11-13,16H,5-10H2,1-4H3. The fourth-order valence-electron chi connectivity index (χ4n) is 2.96. The molecule has 0 spiro atoms. The Labute approximate surface area is 116 Å². The van der Waals surface area contributed by atoms with E-state index < -0.39 is 5.54 Å². The van der Waals surface area contributed by atoms with Gasteiger partial charge in [-0.15, -0.1) is 0 Å². The Kier molecular flexibility index (Phi) is 4.51. The first kappa shape index (κ1) is 14.8. The van der Waals surface area contributed by atoms with E-state index in [2.05, 4.69) is 24.1 Å². The maximum absolute atomic E-state index is 12.3. The Morgan fingerprint density at radius 3 is 2.37 bits per heavy atom. The van der Waals surface area contributed by atoms with Crippen LogP contribution in [0.15, 0.2) is 0 Å². The first-order valence-electron chi connectivity index (χ1n) is 7.62. The lowest BCUT2D eigenvalue weighted by Gasteiger charge is -2.33. The Balaban J connectivity index is 1.98. The van der Waals surface area contributed by atoms with Gasteiger partial charge in [-0.1, -0.05) is 13.8 Å². The Morgan fingerprint density at radius 2 is 1.89 bits per heavy atom. The van der Waals surface area contributed by atoms with Crippen LogP contribution in [0, 0.1) is 11.8 Å². The summed E-state index contributed by atoms with van der Waals surface area (Å²) in [6, 6.07) is 0.506. The van der Waals surface area contributed by atoms with E-state index in [0.717, 1.165) is 19.6 Å². The monoisotopic (exact) mass is 268 g/mol. The van der Waals surface area contributed by atoms with Gasteiger partial charge in [-0.2, -0.15) is 0 Å². The molecule has 2 fully saturated rings. The molecule has 1 heterocycles. The molecule has 19 heavy (non-hydrogen) atoms. The van der Waals surface area contributed by atoms with Crippen LogP contribution in [-0.4, -0.2) is 48.7 Å². The summed E-state index contributed by atoms with van der Waals surface area (Å²) in [4.78, 5) is 14.7. The van der Waals surface area contributed by atoms with Crippen molar-refractivity contribution in [2.75, 3.05) is 26.2 Å². The summed E-state index contributed by atoms with van der Waals surface area (Å²) >= 11 is 0. The van der Waals surface area contributed by atoms with Crippen molar-refractivity contribution in [1.82, 2.24) is 10.2 Å². The Bertz CT molecular complexity index is 320. The predicted molar refractivity (Wildman–Crippen MR) is 76.0 cm³/mol. The molecule has 0 aromatic rings. The number of rotatable bonds is 6. The number of hydrogen-bond donors (Lipinski definition) is 1. The molecule has 2 rings (SSSR count). The van der Waals surface area contributed by atoms with Crippen LogP contribution in [0.2, 0.25) is 0 Å². The summed E-state index contributed by atoms with van der Waals surface area (Å²) in [5.74, 6) is 1.33. The molecule has 3 unspecified atom stereocenters. The highest BCUT2D eigenvalue weighted by Crippen LogP contribution is 2.27. The van der Waals surface area contributed by atoms with Gasteiger partial charge in [0, 0.05) is 25.7 Å². The highest BCUT2D eigenvalue weighted by atomic mass is 16.5. The molecule has 0 bridgehead atoms. The van der Waals surface area contributed by atoms with Gasteiger partial charge in [0.1, 0.15) is 5.54 Å². The summed E-state index contributed by atoms with van der Waals surface area (Å²) in [6.45, 7) is 11.8. The number of ether oxygens (including phenoxy) is 1. The number of carbonyl (C=O) groups is 1. The van der Waals surface area contributed by atoms with Gasteiger partial charge in [0.2, 0.25) is 0 Å². The second kappa shape index (κ2) is 5.80. The third-order valence-corrected chi connectivity index (χ3v) is 4.43. The molecule has 0 amide bonds. The molecule has 4 heteroatoms. The summed E-state index contributed by atoms with van der Waals surface area (Å²) < 4.78 is 5.27. The van der Waals surface area contributed by atoms with Crippen molar-refractivity contribution in [2.45, 2.75) is 52.1 Å². The lowest BCUT2D eigenvalue weighted by Crippen LogP contribution is -2.58. The highest BCUT2D eigenvalue weighted by Gasteiger charge is 2.42. The Morgan fingerprint density at radius 1 is 1.32 bits per heavy atom. The fourth-order valence-corrected chi connectivity index (χ4v) is 2.96. The first-order valence-corrected chi connectivity index (χ1v) is 7.62. The van der Waals surface area contributed by atoms with Crippen molar-refractivity contribution in [1.29, 1.82) is 0 Å². The first-order chi connectivity index (χ1) is 8.94. The van der Waals surface area contributed by atoms with E-state index in [0.29, 0.717) is 24.5 Å². The van der Waals surface area contributed by atoms with Gasteiger partial charge in [-0.05, 0) is 38.5 Å². The maximum atomic E-state index is 12.3. The van der Waals surface area contributed by atoms with E-state index in [1.54, 1.807) is 0 Å². The number of nitrogens with one attached hydrogen (secondary N) is 1. The molecule has 1 saturated carbocycles. The molecule has 0 aromatic carbocycles. The summed E-state index contributed by atoms with van der Waals surface area (Å²) in [5, 5.41) is 3.49. The quantitative estimate of drug-likeness (QED) is 0.744. The number of nitrogens with zero attached hydrogens (tertiary/aromatic N) is 1. The largest absolute Gasteiger partial charge is 0.465 e. The molecular weight excluding hydrogens is 240 g/mol. The van der Waals surface area contributed by atoms with Gasteiger partial charge in [0.25, 0.3) is 0 Å². The van der Waals surface area contributed by atoms with Gasteiger partial charge in [-0.3, -0.25) is 10.1 Å². The van der Waals surface area contributed by atoms with Crippen molar-refractivity contribution in [3.8, 4) is 0 Å². The molecule has 1 N–H and O–H groups in total. The summed E-state index contributed by atoms with van der Waals surface area (Å²) in [5.41, 5.74) is -0.555. The average molecular weight is 268 g/mol. The van der Waals surface area contributed by atoms with Crippen molar-refractivity contribution < 1.29 is 9.53 Å². The van der Waals surface area contributed by atoms with Crippen LogP contribution >= 0.6 is 0 Å². The predicted octanol–water partition coefficient (Wildman–Crippen LogP) is 1.65. The van der Waals surface area contributed by atoms with Crippen LogP contribution in [0.4, 0.5) is 0 Å². The van der Waals surface area contributed by atoms with Crippen molar-refractivity contribution in [2.24, 2.45) is 11.8 Å². The van der Waals surface area contributed by atoms with E-state index in [-0.39, 0.29) is 5.97 Å². The molecule has 110 valence electrons. The molecule has 1 saturated heterocycles. The lowest BCUT2D eigenvalue weighted by molar-refractivity contribution is -0.151. The van der Waals surface area contributed by atoms with Crippen LogP contribution in [0.1, 0.15) is 40.5 Å². The highest BCUT2D eigenvalue weighted by molar-refractivity contribution is 5.80. The number of carbonyl (C=O) groups excluding carboxylic acids is 1. The fraction of sp³-hybridized carbons (Fsp3) is 0.933. The number of esters is 1. The van der Waals surface area contributed by atoms with Gasteiger partial charge in [0.05, 0.1) is 6.61 Å². The van der Waals surface area contributed by atoms with Gasteiger partial charge in [-0.25, -0.2) is 0 Å². The van der Waals surface area contributed by atoms with Crippen molar-refractivity contribution in [3.05, 3.63) is 0 Å². The second-order valence-electron chi connectivity index (χ2n) is 6.62. The van der Waals surface area contributed by atoms with E-state index in [9.17, 15) is 4.79 Å². The molecule has 0 radical (unpaired) electrons. The van der Waals surface area contributed by atoms with Crippen molar-refractivity contribution >= 4 is 5.97 Å². The zero-order valence-electron chi connectivity index (χ0n) is 12.7. The summed E-state index contributed by atoms with van der Waals surface area (Å²) in [6.07, 6.45) is 2.36. The van der Waals surface area contributed by atoms with Crippen LogP contribution in [0.25, 0.3) is 0 Å². The van der Waals surface area contributed by atoms with Gasteiger partial charge in [0.15, 0.2) is 0 Å². The number of hydrogen-bond acceptors (Lipinski definition) is 4. The molecular formula is C15H28N2O2. The van der Waals surface area contributed by atoms with Crippen LogP contribution in [-0.2, 0) is 9.53 Å². The van der Waals surface area contributed by atoms with Crippen LogP contribution in [0.3, 0.4) is 0 Å². The lowest BCUT2D eigenvalue weighted by atomic mass is 10.0. The molecule has 4 nitrogen and oxygen atoms in total. The smallest absolute Gasteiger partial charge is 0.327 e.